The fourth-order valence-corrected chi connectivity index (χ4v) is 3.77. The molecule has 4 rings (SSSR count). The molecule has 0 bridgehead atoms. The standard InChI is InChI=1S/C22H24FN5O3/c23-15-3-1-13(2-4-15)9-18(22(31)28-7-5-16(29)6-8-28)27-21(30)17-10-14-11-20(24)25-12-19(14)26-17/h1-4,10-12,16,18,26,29H,5-9H2,(H2,24,25)(H,27,30)/t18-/m0/s1. The van der Waals surface area contributed by atoms with E-state index in [1.54, 1.807) is 35.4 Å². The second-order valence-electron chi connectivity index (χ2n) is 7.79. The molecular weight excluding hydrogens is 401 g/mol. The van der Waals surface area contributed by atoms with E-state index in [1.807, 2.05) is 0 Å². The Kier molecular flexibility index (Phi) is 5.85. The first-order valence-corrected chi connectivity index (χ1v) is 10.2. The van der Waals surface area contributed by atoms with Crippen LogP contribution in [0.1, 0.15) is 28.9 Å². The quantitative estimate of drug-likeness (QED) is 0.494. The van der Waals surface area contributed by atoms with Crippen molar-refractivity contribution in [3.63, 3.8) is 0 Å². The number of nitrogens with two attached hydrogens (primary N) is 1. The molecule has 9 heteroatoms. The molecular formula is C22H24FN5O3. The first-order chi connectivity index (χ1) is 14.9. The van der Waals surface area contributed by atoms with Crippen LogP contribution in [0.5, 0.6) is 0 Å². The highest BCUT2D eigenvalue weighted by atomic mass is 19.1. The number of anilines is 1. The number of nitrogen functional groups attached to an aromatic ring is 1. The Hall–Kier alpha value is -3.46. The summed E-state index contributed by atoms with van der Waals surface area (Å²) in [6.45, 7) is 0.847. The van der Waals surface area contributed by atoms with Crippen molar-refractivity contribution in [3.8, 4) is 0 Å². The number of amides is 2. The van der Waals surface area contributed by atoms with Crippen molar-refractivity contribution in [2.45, 2.75) is 31.4 Å². The summed E-state index contributed by atoms with van der Waals surface area (Å²) in [5, 5.41) is 13.3. The Bertz CT molecular complexity index is 1090. The number of aliphatic hydroxyl groups is 1. The smallest absolute Gasteiger partial charge is 0.268 e. The molecule has 0 radical (unpaired) electrons. The number of likely N-dealkylation sites (tertiary alicyclic amines) is 1. The number of benzene rings is 1. The summed E-state index contributed by atoms with van der Waals surface area (Å²) in [5.74, 6) is -0.694. The number of H-pyrrole nitrogens is 1. The van der Waals surface area contributed by atoms with Crippen molar-refractivity contribution >= 4 is 28.5 Å². The Morgan fingerprint density at radius 2 is 1.97 bits per heavy atom. The summed E-state index contributed by atoms with van der Waals surface area (Å²) in [6.07, 6.45) is 2.35. The van der Waals surface area contributed by atoms with Crippen LogP contribution < -0.4 is 11.1 Å². The van der Waals surface area contributed by atoms with E-state index in [1.165, 1.54) is 12.1 Å². The minimum absolute atomic E-state index is 0.221. The third-order valence-corrected chi connectivity index (χ3v) is 5.50. The summed E-state index contributed by atoms with van der Waals surface area (Å²) >= 11 is 0. The van der Waals surface area contributed by atoms with E-state index in [9.17, 15) is 19.1 Å². The lowest BCUT2D eigenvalue weighted by Gasteiger charge is -2.32. The maximum atomic E-state index is 13.3. The van der Waals surface area contributed by atoms with Crippen LogP contribution in [0.25, 0.3) is 10.9 Å². The van der Waals surface area contributed by atoms with Crippen LogP contribution >= 0.6 is 0 Å². The molecule has 1 aromatic carbocycles. The molecule has 162 valence electrons. The molecule has 0 aliphatic carbocycles. The molecule has 1 aliphatic heterocycles. The normalized spacial score (nSPS) is 15.7. The Morgan fingerprint density at radius 3 is 2.68 bits per heavy atom. The molecule has 0 spiro atoms. The summed E-state index contributed by atoms with van der Waals surface area (Å²) in [7, 11) is 0. The maximum absolute atomic E-state index is 13.3. The van der Waals surface area contributed by atoms with Gasteiger partial charge in [-0.1, -0.05) is 12.1 Å². The predicted octanol–water partition coefficient (Wildman–Crippen LogP) is 1.61. The minimum Gasteiger partial charge on any atom is -0.393 e. The average molecular weight is 425 g/mol. The maximum Gasteiger partial charge on any atom is 0.268 e. The summed E-state index contributed by atoms with van der Waals surface area (Å²) in [4.78, 5) is 34.7. The summed E-state index contributed by atoms with van der Waals surface area (Å²) in [6, 6.07) is 8.32. The van der Waals surface area contributed by atoms with Crippen molar-refractivity contribution in [1.29, 1.82) is 0 Å². The third-order valence-electron chi connectivity index (χ3n) is 5.50. The number of pyridine rings is 1. The molecule has 1 atom stereocenters. The number of carbonyl (C=O) groups is 2. The number of halogens is 1. The highest BCUT2D eigenvalue weighted by Crippen LogP contribution is 2.18. The van der Waals surface area contributed by atoms with Crippen LogP contribution in [-0.2, 0) is 11.2 Å². The van der Waals surface area contributed by atoms with E-state index in [4.69, 9.17) is 5.73 Å². The zero-order chi connectivity index (χ0) is 22.0. The van der Waals surface area contributed by atoms with Gasteiger partial charge in [-0.3, -0.25) is 9.59 Å². The van der Waals surface area contributed by atoms with Gasteiger partial charge in [-0.05, 0) is 42.7 Å². The number of aliphatic hydroxyl groups excluding tert-OH is 1. The molecule has 8 nitrogen and oxygen atoms in total. The number of nitrogens with zero attached hydrogens (tertiary/aromatic N) is 2. The number of fused-ring (bicyclic) bond motifs is 1. The summed E-state index contributed by atoms with van der Waals surface area (Å²) in [5.41, 5.74) is 7.37. The van der Waals surface area contributed by atoms with Crippen molar-refractivity contribution in [2.75, 3.05) is 18.8 Å². The van der Waals surface area contributed by atoms with Crippen LogP contribution in [0.2, 0.25) is 0 Å². The van der Waals surface area contributed by atoms with Crippen molar-refractivity contribution in [2.24, 2.45) is 0 Å². The van der Waals surface area contributed by atoms with Crippen molar-refractivity contribution < 1.29 is 19.1 Å². The van der Waals surface area contributed by atoms with Gasteiger partial charge in [0.25, 0.3) is 5.91 Å². The number of rotatable bonds is 5. The van der Waals surface area contributed by atoms with Gasteiger partial charge in [-0.25, -0.2) is 9.37 Å². The zero-order valence-electron chi connectivity index (χ0n) is 16.8. The highest BCUT2D eigenvalue weighted by Gasteiger charge is 2.29. The number of hydrogen-bond acceptors (Lipinski definition) is 5. The number of aromatic nitrogens is 2. The van der Waals surface area contributed by atoms with E-state index < -0.39 is 18.1 Å². The summed E-state index contributed by atoms with van der Waals surface area (Å²) < 4.78 is 13.3. The van der Waals surface area contributed by atoms with Crippen LogP contribution in [-0.4, -0.2) is 57.0 Å². The van der Waals surface area contributed by atoms with Crippen molar-refractivity contribution in [3.05, 3.63) is 59.7 Å². The van der Waals surface area contributed by atoms with Crippen LogP contribution in [0.15, 0.2) is 42.6 Å². The second-order valence-corrected chi connectivity index (χ2v) is 7.79. The van der Waals surface area contributed by atoms with Gasteiger partial charge in [0.05, 0.1) is 17.8 Å². The SMILES string of the molecule is Nc1cc2cc(C(=O)N[C@@H](Cc3ccc(F)cc3)C(=O)N3CCC(O)CC3)[nH]c2cn1. The lowest BCUT2D eigenvalue weighted by atomic mass is 10.0. The molecule has 0 unspecified atom stereocenters. The Morgan fingerprint density at radius 1 is 1.26 bits per heavy atom. The molecule has 1 fully saturated rings. The topological polar surface area (TPSA) is 124 Å². The third kappa shape index (κ3) is 4.83. The highest BCUT2D eigenvalue weighted by molar-refractivity contribution is 6.00. The molecule has 2 aromatic heterocycles. The zero-order valence-corrected chi connectivity index (χ0v) is 16.8. The lowest BCUT2D eigenvalue weighted by molar-refractivity contribution is -0.135. The number of piperidine rings is 1. The van der Waals surface area contributed by atoms with Crippen LogP contribution in [0.4, 0.5) is 10.2 Å². The van der Waals surface area contributed by atoms with Gasteiger partial charge >= 0.3 is 0 Å². The monoisotopic (exact) mass is 425 g/mol. The Labute approximate surface area is 178 Å². The van der Waals surface area contributed by atoms with Crippen molar-refractivity contribution in [1.82, 2.24) is 20.2 Å². The average Bonchev–Trinajstić information content (AvgIpc) is 3.18. The molecule has 2 amide bonds. The first kappa shape index (κ1) is 20.8. The van der Waals surface area contributed by atoms with E-state index in [2.05, 4.69) is 15.3 Å². The fraction of sp³-hybridized carbons (Fsp3) is 0.318. The van der Waals surface area contributed by atoms with Gasteiger partial charge < -0.3 is 26.0 Å². The molecule has 1 aliphatic rings. The minimum atomic E-state index is -0.831. The number of aromatic amines is 1. The van der Waals surface area contributed by atoms with E-state index in [0.29, 0.717) is 37.3 Å². The second kappa shape index (κ2) is 8.73. The Balaban J connectivity index is 1.55. The first-order valence-electron chi connectivity index (χ1n) is 10.2. The molecule has 1 saturated heterocycles. The number of carbonyl (C=O) groups excluding carboxylic acids is 2. The number of nitrogens with one attached hydrogen (secondary N) is 2. The van der Waals surface area contributed by atoms with Gasteiger partial charge in [-0.15, -0.1) is 0 Å². The van der Waals surface area contributed by atoms with Gasteiger partial charge in [0.2, 0.25) is 5.91 Å². The molecule has 31 heavy (non-hydrogen) atoms. The van der Waals surface area contributed by atoms with Crippen LogP contribution in [0, 0.1) is 5.82 Å². The van der Waals surface area contributed by atoms with E-state index >= 15 is 0 Å². The lowest BCUT2D eigenvalue weighted by Crippen LogP contribution is -2.52. The molecule has 3 aromatic rings. The molecule has 5 N–H and O–H groups in total. The van der Waals surface area contributed by atoms with E-state index in [-0.39, 0.29) is 23.8 Å². The number of hydrogen-bond donors (Lipinski definition) is 4. The van der Waals surface area contributed by atoms with Gasteiger partial charge in [0.1, 0.15) is 23.4 Å². The predicted molar refractivity (Wildman–Crippen MR) is 114 cm³/mol. The van der Waals surface area contributed by atoms with Gasteiger partial charge in [0.15, 0.2) is 0 Å². The molecule has 0 saturated carbocycles. The molecule has 3 heterocycles. The van der Waals surface area contributed by atoms with Gasteiger partial charge in [-0.2, -0.15) is 0 Å². The van der Waals surface area contributed by atoms with E-state index in [0.717, 1.165) is 10.9 Å². The fourth-order valence-electron chi connectivity index (χ4n) is 3.77. The van der Waals surface area contributed by atoms with Crippen LogP contribution in [0.3, 0.4) is 0 Å². The largest absolute Gasteiger partial charge is 0.393 e. The van der Waals surface area contributed by atoms with Gasteiger partial charge in [0, 0.05) is 24.9 Å².